The summed E-state index contributed by atoms with van der Waals surface area (Å²) in [5, 5.41) is 6.41. The normalized spacial score (nSPS) is 15.7. The number of nitrogens with one attached hydrogen (secondary N) is 2. The smallest absolute Gasteiger partial charge is 0.222 e. The van der Waals surface area contributed by atoms with E-state index in [1.165, 1.54) is 0 Å². The van der Waals surface area contributed by atoms with Crippen LogP contribution in [0.5, 0.6) is 0 Å². The lowest BCUT2D eigenvalue weighted by Gasteiger charge is -2.26. The zero-order chi connectivity index (χ0) is 27.8. The summed E-state index contributed by atoms with van der Waals surface area (Å²) in [5.74, 6) is 7.29. The lowest BCUT2D eigenvalue weighted by Crippen LogP contribution is -2.39. The Labute approximate surface area is 243 Å². The Morgan fingerprint density at radius 3 is 1.75 bits per heavy atom. The minimum Gasteiger partial charge on any atom is -0.397 e. The number of hydrogen-bond acceptors (Lipinski definition) is 12. The van der Waals surface area contributed by atoms with Crippen LogP contribution in [0.15, 0.2) is 47.7 Å². The van der Waals surface area contributed by atoms with E-state index in [1.807, 2.05) is 0 Å². The van der Waals surface area contributed by atoms with Crippen LogP contribution in [0.25, 0.3) is 0 Å². The quantitative estimate of drug-likeness (QED) is 0.319. The molecule has 40 heavy (non-hydrogen) atoms. The van der Waals surface area contributed by atoms with E-state index < -0.39 is 0 Å². The molecule has 3 aromatic heterocycles. The van der Waals surface area contributed by atoms with E-state index in [0.717, 1.165) is 94.4 Å². The summed E-state index contributed by atoms with van der Waals surface area (Å²) in [4.78, 5) is 25.6. The number of hydrogen-bond donors (Lipinski definition) is 3. The van der Waals surface area contributed by atoms with Crippen molar-refractivity contribution in [2.45, 2.75) is 0 Å². The molecule has 2 aliphatic rings. The number of ether oxygens (including phenoxy) is 2. The zero-order valence-electron chi connectivity index (χ0n) is 22.4. The molecule has 4 N–H and O–H groups in total. The van der Waals surface area contributed by atoms with Gasteiger partial charge in [0.25, 0.3) is 0 Å². The lowest BCUT2D eigenvalue weighted by atomic mass is 10.2. The topological polar surface area (TPSA) is 139 Å². The van der Waals surface area contributed by atoms with Gasteiger partial charge in [-0.3, -0.25) is 14.8 Å². The molecule has 2 fully saturated rings. The number of nitrogens with zero attached hydrogens (tertiary/aromatic N) is 7. The molecule has 3 aromatic rings. The maximum Gasteiger partial charge on any atom is 0.222 e. The van der Waals surface area contributed by atoms with Crippen LogP contribution in [0.2, 0.25) is 0 Å². The van der Waals surface area contributed by atoms with Crippen molar-refractivity contribution < 1.29 is 9.47 Å². The number of rotatable bonds is 8. The number of aromatic nitrogens is 5. The van der Waals surface area contributed by atoms with Crippen molar-refractivity contribution in [3.63, 3.8) is 0 Å². The molecule has 0 bridgehead atoms. The Kier molecular flexibility index (Phi) is 12.3. The molecule has 5 heterocycles. The van der Waals surface area contributed by atoms with Crippen LogP contribution in [0, 0.1) is 11.8 Å². The molecule has 0 radical (unpaired) electrons. The fraction of sp³-hybridized carbons (Fsp3) is 0.444. The van der Waals surface area contributed by atoms with Crippen molar-refractivity contribution >= 4 is 33.5 Å². The Morgan fingerprint density at radius 2 is 1.23 bits per heavy atom. The first-order valence-corrected chi connectivity index (χ1v) is 14.0. The second kappa shape index (κ2) is 16.6. The monoisotopic (exact) mass is 610 g/mol. The molecule has 2 aliphatic heterocycles. The van der Waals surface area contributed by atoms with Gasteiger partial charge in [0.1, 0.15) is 0 Å². The number of nitrogens with two attached hydrogens (primary N) is 1. The zero-order valence-corrected chi connectivity index (χ0v) is 24.0. The van der Waals surface area contributed by atoms with Crippen LogP contribution >= 0.6 is 15.9 Å². The molecule has 13 heteroatoms. The fourth-order valence-electron chi connectivity index (χ4n) is 3.86. The van der Waals surface area contributed by atoms with Crippen LogP contribution in [0.3, 0.4) is 0 Å². The molecule has 0 saturated carbocycles. The standard InChI is InChI=1S/C17H20N6O.C10H15BrN4O/c18-16-9-14(10-19-13-16)1-2-15-11-21-17(22-12-15)20-3-4-23-5-7-24-8-6-23;11-9-7-13-10(14-8-9)12-1-2-15-3-5-16-6-4-15/h9-13H,3-8,18H2,(H,20,21,22);7-8H,1-6H2,(H,12,13,14). The van der Waals surface area contributed by atoms with E-state index in [9.17, 15) is 0 Å². The highest BCUT2D eigenvalue weighted by atomic mass is 79.9. The lowest BCUT2D eigenvalue weighted by molar-refractivity contribution is 0.0398. The molecular formula is C27H35BrN10O2. The average molecular weight is 612 g/mol. The molecule has 5 rings (SSSR count). The molecule has 0 atom stereocenters. The Bertz CT molecular complexity index is 1210. The van der Waals surface area contributed by atoms with Crippen LogP contribution < -0.4 is 16.4 Å². The van der Waals surface area contributed by atoms with Gasteiger partial charge in [0.05, 0.1) is 42.2 Å². The molecule has 212 valence electrons. The molecular weight excluding hydrogens is 576 g/mol. The summed E-state index contributed by atoms with van der Waals surface area (Å²) in [7, 11) is 0. The van der Waals surface area contributed by atoms with E-state index in [-0.39, 0.29) is 0 Å². The highest BCUT2D eigenvalue weighted by Crippen LogP contribution is 2.07. The molecule has 0 unspecified atom stereocenters. The second-order valence-electron chi connectivity index (χ2n) is 9.04. The van der Waals surface area contributed by atoms with Gasteiger partial charge in [-0.25, -0.2) is 19.9 Å². The Balaban J connectivity index is 0.000000201. The van der Waals surface area contributed by atoms with E-state index in [4.69, 9.17) is 15.2 Å². The summed E-state index contributed by atoms with van der Waals surface area (Å²) in [6, 6.07) is 1.78. The van der Waals surface area contributed by atoms with Crippen molar-refractivity contribution in [3.8, 4) is 11.8 Å². The summed E-state index contributed by atoms with van der Waals surface area (Å²) in [6.07, 6.45) is 10.2. The minimum atomic E-state index is 0.595. The molecule has 2 saturated heterocycles. The van der Waals surface area contributed by atoms with Gasteiger partial charge in [-0.2, -0.15) is 0 Å². The van der Waals surface area contributed by atoms with Gasteiger partial charge in [0, 0.05) is 95.1 Å². The van der Waals surface area contributed by atoms with E-state index >= 15 is 0 Å². The SMILES string of the molecule is Brc1cnc(NCCN2CCOCC2)nc1.Nc1cncc(C#Cc2cnc(NCCN3CCOCC3)nc2)c1. The predicted octanol–water partition coefficient (Wildman–Crippen LogP) is 1.58. The fourth-order valence-corrected chi connectivity index (χ4v) is 4.06. The van der Waals surface area contributed by atoms with Crippen molar-refractivity contribution in [3.05, 3.63) is 58.8 Å². The van der Waals surface area contributed by atoms with Crippen LogP contribution in [0.1, 0.15) is 11.1 Å². The largest absolute Gasteiger partial charge is 0.397 e. The highest BCUT2D eigenvalue weighted by Gasteiger charge is 2.10. The third-order valence-corrected chi connectivity index (χ3v) is 6.42. The van der Waals surface area contributed by atoms with Crippen molar-refractivity contribution in [2.24, 2.45) is 0 Å². The predicted molar refractivity (Wildman–Crippen MR) is 158 cm³/mol. The Hall–Kier alpha value is -3.41. The van der Waals surface area contributed by atoms with Crippen LogP contribution in [-0.2, 0) is 9.47 Å². The number of halogens is 1. The molecule has 0 aromatic carbocycles. The Morgan fingerprint density at radius 1 is 0.725 bits per heavy atom. The highest BCUT2D eigenvalue weighted by molar-refractivity contribution is 9.10. The summed E-state index contributed by atoms with van der Waals surface area (Å²) in [6.45, 7) is 10.9. The van der Waals surface area contributed by atoms with Crippen LogP contribution in [-0.4, -0.2) is 114 Å². The van der Waals surface area contributed by atoms with Crippen LogP contribution in [0.4, 0.5) is 17.6 Å². The van der Waals surface area contributed by atoms with Gasteiger partial charge < -0.3 is 25.8 Å². The summed E-state index contributed by atoms with van der Waals surface area (Å²) < 4.78 is 11.5. The molecule has 0 spiro atoms. The maximum absolute atomic E-state index is 5.67. The van der Waals surface area contributed by atoms with Gasteiger partial charge in [0.15, 0.2) is 0 Å². The first-order chi connectivity index (χ1) is 19.6. The van der Waals surface area contributed by atoms with E-state index in [2.05, 4.69) is 73.1 Å². The number of nitrogen functional groups attached to an aromatic ring is 1. The van der Waals surface area contributed by atoms with E-state index in [0.29, 0.717) is 17.6 Å². The third kappa shape index (κ3) is 11.0. The molecule has 0 aliphatic carbocycles. The van der Waals surface area contributed by atoms with Crippen molar-refractivity contribution in [1.29, 1.82) is 0 Å². The molecule has 0 amide bonds. The van der Waals surface area contributed by atoms with E-state index in [1.54, 1.807) is 43.2 Å². The van der Waals surface area contributed by atoms with Crippen molar-refractivity contribution in [1.82, 2.24) is 34.7 Å². The average Bonchev–Trinajstić information content (AvgIpc) is 2.99. The molecule has 12 nitrogen and oxygen atoms in total. The minimum absolute atomic E-state index is 0.595. The van der Waals surface area contributed by atoms with Gasteiger partial charge in [-0.05, 0) is 22.0 Å². The van der Waals surface area contributed by atoms with Gasteiger partial charge >= 0.3 is 0 Å². The summed E-state index contributed by atoms with van der Waals surface area (Å²) in [5.41, 5.74) is 7.78. The third-order valence-electron chi connectivity index (χ3n) is 6.01. The number of morpholine rings is 2. The number of pyridine rings is 1. The van der Waals surface area contributed by atoms with Crippen molar-refractivity contribution in [2.75, 3.05) is 95.2 Å². The van der Waals surface area contributed by atoms with Gasteiger partial charge in [-0.1, -0.05) is 11.8 Å². The first kappa shape index (κ1) is 29.6. The maximum atomic E-state index is 5.67. The first-order valence-electron chi connectivity index (χ1n) is 13.2. The van der Waals surface area contributed by atoms with Gasteiger partial charge in [-0.15, -0.1) is 0 Å². The second-order valence-corrected chi connectivity index (χ2v) is 9.95. The van der Waals surface area contributed by atoms with Gasteiger partial charge in [0.2, 0.25) is 11.9 Å². The number of anilines is 3. The summed E-state index contributed by atoms with van der Waals surface area (Å²) >= 11 is 3.30.